The summed E-state index contributed by atoms with van der Waals surface area (Å²) in [6.45, 7) is 9.33. The van der Waals surface area contributed by atoms with E-state index in [0.717, 1.165) is 62.6 Å². The van der Waals surface area contributed by atoms with Gasteiger partial charge in [-0.2, -0.15) is 5.10 Å². The van der Waals surface area contributed by atoms with E-state index in [2.05, 4.69) is 47.1 Å². The monoisotopic (exact) mass is 396 g/mol. The molecule has 1 aromatic carbocycles. The van der Waals surface area contributed by atoms with Gasteiger partial charge >= 0.3 is 0 Å². The summed E-state index contributed by atoms with van der Waals surface area (Å²) in [7, 11) is 0. The molecule has 0 aliphatic carbocycles. The summed E-state index contributed by atoms with van der Waals surface area (Å²) in [4.78, 5) is 16.4. The van der Waals surface area contributed by atoms with Crippen LogP contribution >= 0.6 is 0 Å². The van der Waals surface area contributed by atoms with E-state index in [1.54, 1.807) is 0 Å². The van der Waals surface area contributed by atoms with Crippen molar-refractivity contribution in [2.24, 2.45) is 0 Å². The first-order valence-corrected chi connectivity index (χ1v) is 10.9. The standard InChI is InChI=1S/C23H32N4O2/c1-17(2)18-4-6-21(7-5-18)29-13-9-20-14-22(25-24-20)19-8-12-26(15-19)16-23(28)27-10-3-11-27/h4-7,14,17,19H,3,8-13,15-16H2,1-2H3,(H,24,25). The molecule has 2 aliphatic heterocycles. The Balaban J connectivity index is 1.22. The molecule has 2 aliphatic rings. The van der Waals surface area contributed by atoms with Crippen LogP contribution < -0.4 is 4.74 Å². The third kappa shape index (κ3) is 4.99. The maximum atomic E-state index is 12.2. The van der Waals surface area contributed by atoms with Crippen molar-refractivity contribution in [2.75, 3.05) is 39.3 Å². The Morgan fingerprint density at radius 1 is 1.24 bits per heavy atom. The summed E-state index contributed by atoms with van der Waals surface area (Å²) in [6, 6.07) is 10.5. The molecule has 2 saturated heterocycles. The predicted octanol–water partition coefficient (Wildman–Crippen LogP) is 3.18. The van der Waals surface area contributed by atoms with Gasteiger partial charge in [-0.05, 0) is 49.1 Å². The van der Waals surface area contributed by atoms with Gasteiger partial charge in [0.25, 0.3) is 0 Å². The largest absolute Gasteiger partial charge is 0.493 e. The Bertz CT molecular complexity index is 811. The van der Waals surface area contributed by atoms with Crippen LogP contribution in [0.25, 0.3) is 0 Å². The van der Waals surface area contributed by atoms with E-state index in [-0.39, 0.29) is 5.91 Å². The molecule has 6 nitrogen and oxygen atoms in total. The van der Waals surface area contributed by atoms with Gasteiger partial charge in [0.15, 0.2) is 0 Å². The smallest absolute Gasteiger partial charge is 0.236 e. The fraction of sp³-hybridized carbons (Fsp3) is 0.565. The van der Waals surface area contributed by atoms with Gasteiger partial charge in [0, 0.05) is 37.7 Å². The van der Waals surface area contributed by atoms with Crippen molar-refractivity contribution in [1.82, 2.24) is 20.0 Å². The summed E-state index contributed by atoms with van der Waals surface area (Å²) < 4.78 is 5.88. The molecule has 0 spiro atoms. The highest BCUT2D eigenvalue weighted by atomic mass is 16.5. The number of carbonyl (C=O) groups is 1. The van der Waals surface area contributed by atoms with Gasteiger partial charge in [-0.25, -0.2) is 0 Å². The van der Waals surface area contributed by atoms with Crippen LogP contribution in [-0.4, -0.2) is 65.2 Å². The molecule has 1 amide bonds. The molecule has 2 fully saturated rings. The lowest BCUT2D eigenvalue weighted by Crippen LogP contribution is -2.46. The number of carbonyl (C=O) groups excluding carboxylic acids is 1. The van der Waals surface area contributed by atoms with Crippen LogP contribution in [-0.2, 0) is 11.2 Å². The van der Waals surface area contributed by atoms with Gasteiger partial charge in [0.05, 0.1) is 18.8 Å². The van der Waals surface area contributed by atoms with E-state index in [0.29, 0.717) is 25.0 Å². The molecule has 0 saturated carbocycles. The average molecular weight is 397 g/mol. The third-order valence-electron chi connectivity index (χ3n) is 6.10. The fourth-order valence-corrected chi connectivity index (χ4v) is 4.02. The van der Waals surface area contributed by atoms with Crippen LogP contribution in [0, 0.1) is 0 Å². The molecule has 156 valence electrons. The summed E-state index contributed by atoms with van der Waals surface area (Å²) in [5, 5.41) is 7.69. The Morgan fingerprint density at radius 2 is 2.03 bits per heavy atom. The lowest BCUT2D eigenvalue weighted by atomic mass is 10.0. The molecule has 1 atom stereocenters. The zero-order chi connectivity index (χ0) is 20.2. The minimum atomic E-state index is 0.276. The number of aromatic amines is 1. The molecular formula is C23H32N4O2. The number of rotatable bonds is 8. The summed E-state index contributed by atoms with van der Waals surface area (Å²) in [6.07, 6.45) is 3.02. The number of nitrogens with zero attached hydrogens (tertiary/aromatic N) is 3. The van der Waals surface area contributed by atoms with E-state index in [1.807, 2.05) is 17.0 Å². The number of nitrogens with one attached hydrogen (secondary N) is 1. The number of ether oxygens (including phenoxy) is 1. The molecule has 1 N–H and O–H groups in total. The Morgan fingerprint density at radius 3 is 2.72 bits per heavy atom. The van der Waals surface area contributed by atoms with Crippen molar-refractivity contribution in [3.63, 3.8) is 0 Å². The van der Waals surface area contributed by atoms with Crippen molar-refractivity contribution in [2.45, 2.75) is 44.9 Å². The molecule has 2 aromatic rings. The lowest BCUT2D eigenvalue weighted by molar-refractivity contribution is -0.135. The van der Waals surface area contributed by atoms with Crippen LogP contribution in [0.3, 0.4) is 0 Å². The Kier molecular flexibility index (Phi) is 6.19. The first-order valence-electron chi connectivity index (χ1n) is 10.9. The van der Waals surface area contributed by atoms with Gasteiger partial charge in [0.2, 0.25) is 5.91 Å². The number of H-pyrrole nitrogens is 1. The topological polar surface area (TPSA) is 61.5 Å². The van der Waals surface area contributed by atoms with Gasteiger partial charge in [-0.15, -0.1) is 0 Å². The van der Waals surface area contributed by atoms with E-state index in [9.17, 15) is 4.79 Å². The van der Waals surface area contributed by atoms with Crippen molar-refractivity contribution >= 4 is 5.91 Å². The van der Waals surface area contributed by atoms with Crippen LogP contribution in [0.4, 0.5) is 0 Å². The Hall–Kier alpha value is -2.34. The van der Waals surface area contributed by atoms with Gasteiger partial charge in [-0.1, -0.05) is 26.0 Å². The molecule has 29 heavy (non-hydrogen) atoms. The summed E-state index contributed by atoms with van der Waals surface area (Å²) >= 11 is 0. The fourth-order valence-electron chi connectivity index (χ4n) is 4.02. The average Bonchev–Trinajstić information content (AvgIpc) is 3.30. The first kappa shape index (κ1) is 20.0. The summed E-state index contributed by atoms with van der Waals surface area (Å²) in [5.74, 6) is 2.13. The van der Waals surface area contributed by atoms with E-state index in [1.165, 1.54) is 5.56 Å². The zero-order valence-corrected chi connectivity index (χ0v) is 17.6. The molecule has 4 rings (SSSR count). The van der Waals surface area contributed by atoms with E-state index >= 15 is 0 Å². The minimum absolute atomic E-state index is 0.276. The van der Waals surface area contributed by atoms with E-state index < -0.39 is 0 Å². The molecule has 0 radical (unpaired) electrons. The van der Waals surface area contributed by atoms with Gasteiger partial charge in [-0.3, -0.25) is 14.8 Å². The van der Waals surface area contributed by atoms with Crippen molar-refractivity contribution in [1.29, 1.82) is 0 Å². The highest BCUT2D eigenvalue weighted by Crippen LogP contribution is 2.26. The summed E-state index contributed by atoms with van der Waals surface area (Å²) in [5.41, 5.74) is 3.54. The van der Waals surface area contributed by atoms with Crippen LogP contribution in [0.2, 0.25) is 0 Å². The maximum Gasteiger partial charge on any atom is 0.236 e. The molecule has 1 aromatic heterocycles. The molecule has 0 bridgehead atoms. The quantitative estimate of drug-likeness (QED) is 0.744. The second-order valence-electron chi connectivity index (χ2n) is 8.60. The number of hydrogen-bond acceptors (Lipinski definition) is 4. The highest BCUT2D eigenvalue weighted by Gasteiger charge is 2.29. The number of benzene rings is 1. The maximum absolute atomic E-state index is 12.2. The van der Waals surface area contributed by atoms with Crippen molar-refractivity contribution < 1.29 is 9.53 Å². The predicted molar refractivity (Wildman–Crippen MR) is 113 cm³/mol. The highest BCUT2D eigenvalue weighted by molar-refractivity contribution is 5.79. The normalized spacial score (nSPS) is 19.6. The van der Waals surface area contributed by atoms with Gasteiger partial charge < -0.3 is 9.64 Å². The van der Waals surface area contributed by atoms with Crippen molar-refractivity contribution in [3.8, 4) is 5.75 Å². The van der Waals surface area contributed by atoms with E-state index in [4.69, 9.17) is 4.74 Å². The number of likely N-dealkylation sites (tertiary alicyclic amines) is 2. The SMILES string of the molecule is CC(C)c1ccc(OCCc2cc(C3CCN(CC(=O)N4CCC4)C3)n[nH]2)cc1. The molecule has 1 unspecified atom stereocenters. The van der Waals surface area contributed by atoms with Crippen LogP contribution in [0.1, 0.15) is 55.5 Å². The lowest BCUT2D eigenvalue weighted by Gasteiger charge is -2.32. The number of hydrogen-bond donors (Lipinski definition) is 1. The number of aromatic nitrogens is 2. The molecule has 3 heterocycles. The third-order valence-corrected chi connectivity index (χ3v) is 6.10. The number of amides is 1. The molecular weight excluding hydrogens is 364 g/mol. The second kappa shape index (κ2) is 8.99. The zero-order valence-electron chi connectivity index (χ0n) is 17.6. The van der Waals surface area contributed by atoms with Gasteiger partial charge in [0.1, 0.15) is 5.75 Å². The molecule has 6 heteroatoms. The van der Waals surface area contributed by atoms with Crippen LogP contribution in [0.15, 0.2) is 30.3 Å². The Labute approximate surface area is 173 Å². The second-order valence-corrected chi connectivity index (χ2v) is 8.60. The van der Waals surface area contributed by atoms with Crippen molar-refractivity contribution in [3.05, 3.63) is 47.3 Å². The first-order chi connectivity index (χ1) is 14.1. The van der Waals surface area contributed by atoms with Crippen LogP contribution in [0.5, 0.6) is 5.75 Å². The minimum Gasteiger partial charge on any atom is -0.493 e.